The van der Waals surface area contributed by atoms with Gasteiger partial charge in [-0.15, -0.1) is 0 Å². The molecule has 132 valence electrons. The van der Waals surface area contributed by atoms with Crippen LogP contribution in [0.3, 0.4) is 0 Å². The van der Waals surface area contributed by atoms with Crippen LogP contribution < -0.4 is 9.47 Å². The Bertz CT molecular complexity index is 970. The fourth-order valence-electron chi connectivity index (χ4n) is 3.11. The molecule has 5 heteroatoms. The van der Waals surface area contributed by atoms with E-state index >= 15 is 0 Å². The van der Waals surface area contributed by atoms with E-state index in [4.69, 9.17) is 21.1 Å². The van der Waals surface area contributed by atoms with Crippen LogP contribution in [0.15, 0.2) is 60.8 Å². The Balaban J connectivity index is 1.66. The summed E-state index contributed by atoms with van der Waals surface area (Å²) in [5.74, 6) is 0.679. The summed E-state index contributed by atoms with van der Waals surface area (Å²) in [4.78, 5) is 0. The van der Waals surface area contributed by atoms with E-state index in [-0.39, 0.29) is 0 Å². The lowest BCUT2D eigenvalue weighted by atomic mass is 10.0. The molecule has 0 bridgehead atoms. The number of benzene rings is 2. The first-order valence-electron chi connectivity index (χ1n) is 8.53. The fraction of sp³-hybridized carbons (Fsp3) is 0.190. The third-order valence-corrected chi connectivity index (χ3v) is 4.91. The molecular formula is C21H19ClNO3+. The van der Waals surface area contributed by atoms with E-state index in [9.17, 15) is 5.21 Å². The van der Waals surface area contributed by atoms with Crippen molar-refractivity contribution >= 4 is 28.1 Å². The predicted octanol–water partition coefficient (Wildman–Crippen LogP) is 4.40. The Morgan fingerprint density at radius 2 is 2.00 bits per heavy atom. The van der Waals surface area contributed by atoms with Crippen LogP contribution in [0.4, 0.5) is 0 Å². The second-order valence-corrected chi connectivity index (χ2v) is 6.59. The lowest BCUT2D eigenvalue weighted by Gasteiger charge is -2.14. The zero-order chi connectivity index (χ0) is 17.9. The van der Waals surface area contributed by atoms with Gasteiger partial charge in [0.15, 0.2) is 0 Å². The Labute approximate surface area is 156 Å². The molecule has 0 saturated heterocycles. The van der Waals surface area contributed by atoms with Gasteiger partial charge in [0.05, 0.1) is 35.3 Å². The molecule has 0 aliphatic carbocycles. The molecule has 1 aromatic heterocycles. The monoisotopic (exact) mass is 368 g/mol. The molecule has 0 atom stereocenters. The van der Waals surface area contributed by atoms with Crippen LogP contribution >= 0.6 is 11.6 Å². The van der Waals surface area contributed by atoms with Gasteiger partial charge < -0.3 is 9.47 Å². The van der Waals surface area contributed by atoms with E-state index in [1.807, 2.05) is 48.5 Å². The van der Waals surface area contributed by atoms with E-state index in [0.29, 0.717) is 36.1 Å². The summed E-state index contributed by atoms with van der Waals surface area (Å²) in [5.41, 5.74) is 3.62. The van der Waals surface area contributed by atoms with Crippen LogP contribution in [0.5, 0.6) is 5.75 Å². The van der Waals surface area contributed by atoms with Gasteiger partial charge in [0.25, 0.3) is 5.52 Å². The largest absolute Gasteiger partial charge is 0.489 e. The number of nitrogens with zero attached hydrogens (tertiary/aromatic N) is 1. The Kier molecular flexibility index (Phi) is 4.78. The van der Waals surface area contributed by atoms with Crippen molar-refractivity contribution < 1.29 is 19.4 Å². The highest BCUT2D eigenvalue weighted by Crippen LogP contribution is 2.33. The first-order valence-corrected chi connectivity index (χ1v) is 8.91. The third kappa shape index (κ3) is 3.39. The van der Waals surface area contributed by atoms with Crippen molar-refractivity contribution in [2.75, 3.05) is 13.2 Å². The molecule has 3 aromatic rings. The predicted molar refractivity (Wildman–Crippen MR) is 101 cm³/mol. The molecule has 0 unspecified atom stereocenters. The SMILES string of the molecule is O[n+]1cc(C2=CCOCC2)c(Cl)c2ccc(OCc3ccccc3)cc21. The average molecular weight is 369 g/mol. The van der Waals surface area contributed by atoms with Gasteiger partial charge in [0.1, 0.15) is 12.4 Å². The number of hydrogen-bond donors (Lipinski definition) is 1. The Morgan fingerprint density at radius 3 is 2.77 bits per heavy atom. The highest BCUT2D eigenvalue weighted by Gasteiger charge is 2.21. The van der Waals surface area contributed by atoms with E-state index in [2.05, 4.69) is 0 Å². The zero-order valence-electron chi connectivity index (χ0n) is 14.2. The van der Waals surface area contributed by atoms with Crippen LogP contribution in [0, 0.1) is 0 Å². The normalized spacial score (nSPS) is 14.3. The van der Waals surface area contributed by atoms with Gasteiger partial charge >= 0.3 is 0 Å². The zero-order valence-corrected chi connectivity index (χ0v) is 14.9. The summed E-state index contributed by atoms with van der Waals surface area (Å²) < 4.78 is 12.3. The molecule has 0 saturated carbocycles. The number of fused-ring (bicyclic) bond motifs is 1. The van der Waals surface area contributed by atoms with Crippen molar-refractivity contribution in [3.05, 3.63) is 77.0 Å². The van der Waals surface area contributed by atoms with E-state index in [1.165, 1.54) is 0 Å². The minimum Gasteiger partial charge on any atom is -0.489 e. The van der Waals surface area contributed by atoms with E-state index in [1.54, 1.807) is 12.3 Å². The number of aromatic nitrogens is 1. The molecule has 4 rings (SSSR count). The molecule has 1 aliphatic rings. The first-order chi connectivity index (χ1) is 12.7. The van der Waals surface area contributed by atoms with Gasteiger partial charge in [-0.3, -0.25) is 5.21 Å². The smallest absolute Gasteiger partial charge is 0.269 e. The molecule has 0 amide bonds. The summed E-state index contributed by atoms with van der Waals surface area (Å²) in [6, 6.07) is 15.5. The summed E-state index contributed by atoms with van der Waals surface area (Å²) in [6.45, 7) is 1.70. The van der Waals surface area contributed by atoms with Crippen molar-refractivity contribution in [3.63, 3.8) is 0 Å². The molecule has 2 aromatic carbocycles. The standard InChI is InChI=1S/C21H19ClNO3/c22-21-18-7-6-17(26-14-15-4-2-1-3-5-15)12-20(18)23(24)13-19(21)16-8-10-25-11-9-16/h1-8,12-13,24H,9-11,14H2/q+1. The maximum absolute atomic E-state index is 10.5. The third-order valence-electron chi connectivity index (χ3n) is 4.50. The van der Waals surface area contributed by atoms with Crippen LogP contribution in [0.1, 0.15) is 17.5 Å². The maximum atomic E-state index is 10.5. The van der Waals surface area contributed by atoms with Gasteiger partial charge in [-0.1, -0.05) is 48.0 Å². The highest BCUT2D eigenvalue weighted by molar-refractivity contribution is 6.36. The average Bonchev–Trinajstić information content (AvgIpc) is 2.70. The van der Waals surface area contributed by atoms with Crippen molar-refractivity contribution in [1.29, 1.82) is 0 Å². The van der Waals surface area contributed by atoms with Crippen LogP contribution in [0.25, 0.3) is 16.5 Å². The number of halogens is 1. The molecule has 4 nitrogen and oxygen atoms in total. The van der Waals surface area contributed by atoms with E-state index < -0.39 is 0 Å². The quantitative estimate of drug-likeness (QED) is 0.548. The van der Waals surface area contributed by atoms with Crippen molar-refractivity contribution in [1.82, 2.24) is 0 Å². The molecule has 1 N–H and O–H groups in total. The molecular weight excluding hydrogens is 350 g/mol. The van der Waals surface area contributed by atoms with Gasteiger partial charge in [-0.2, -0.15) is 0 Å². The van der Waals surface area contributed by atoms with Gasteiger partial charge in [0.2, 0.25) is 6.20 Å². The van der Waals surface area contributed by atoms with Crippen molar-refractivity contribution in [2.24, 2.45) is 0 Å². The van der Waals surface area contributed by atoms with Gasteiger partial charge in [-0.25, -0.2) is 0 Å². The van der Waals surface area contributed by atoms with Gasteiger partial charge in [-0.05, 0) is 29.7 Å². The molecule has 1 aliphatic heterocycles. The Hall–Kier alpha value is -2.56. The second-order valence-electron chi connectivity index (χ2n) is 6.21. The lowest BCUT2D eigenvalue weighted by Crippen LogP contribution is -2.31. The summed E-state index contributed by atoms with van der Waals surface area (Å²) >= 11 is 6.63. The molecule has 0 fully saturated rings. The minimum atomic E-state index is 0.469. The highest BCUT2D eigenvalue weighted by atomic mass is 35.5. The lowest BCUT2D eigenvalue weighted by molar-refractivity contribution is -0.884. The fourth-order valence-corrected chi connectivity index (χ4v) is 3.44. The second kappa shape index (κ2) is 7.36. The van der Waals surface area contributed by atoms with Crippen LogP contribution in [-0.2, 0) is 11.3 Å². The van der Waals surface area contributed by atoms with Crippen molar-refractivity contribution in [3.8, 4) is 5.75 Å². The summed E-state index contributed by atoms with van der Waals surface area (Å²) in [7, 11) is 0. The summed E-state index contributed by atoms with van der Waals surface area (Å²) in [6.07, 6.45) is 4.44. The molecule has 0 radical (unpaired) electrons. The molecule has 2 heterocycles. The van der Waals surface area contributed by atoms with Crippen molar-refractivity contribution in [2.45, 2.75) is 13.0 Å². The number of rotatable bonds is 4. The topological polar surface area (TPSA) is 42.6 Å². The molecule has 0 spiro atoms. The first kappa shape index (κ1) is 16.9. The van der Waals surface area contributed by atoms with Crippen LogP contribution in [-0.4, -0.2) is 18.4 Å². The maximum Gasteiger partial charge on any atom is 0.269 e. The molecule has 26 heavy (non-hydrogen) atoms. The van der Waals surface area contributed by atoms with E-state index in [0.717, 1.165) is 33.2 Å². The number of hydrogen-bond acceptors (Lipinski definition) is 3. The minimum absolute atomic E-state index is 0.469. The van der Waals surface area contributed by atoms with Crippen LogP contribution in [0.2, 0.25) is 5.02 Å². The number of pyridine rings is 1. The number of ether oxygens (including phenoxy) is 2. The Morgan fingerprint density at radius 1 is 1.15 bits per heavy atom. The summed E-state index contributed by atoms with van der Waals surface area (Å²) in [5, 5.41) is 11.9. The van der Waals surface area contributed by atoms with Gasteiger partial charge in [0, 0.05) is 4.73 Å².